The van der Waals surface area contributed by atoms with Crippen molar-refractivity contribution in [1.82, 2.24) is 9.97 Å². The lowest BCUT2D eigenvalue weighted by Crippen LogP contribution is -2.17. The molecule has 0 spiro atoms. The van der Waals surface area contributed by atoms with Gasteiger partial charge >= 0.3 is 6.36 Å². The minimum absolute atomic E-state index is 0.143. The van der Waals surface area contributed by atoms with E-state index in [4.69, 9.17) is 5.26 Å². The Morgan fingerprint density at radius 1 is 1.20 bits per heavy atom. The zero-order chi connectivity index (χ0) is 14.6. The Morgan fingerprint density at radius 3 is 2.60 bits per heavy atom. The number of nitriles is 1. The molecule has 2 rings (SSSR count). The smallest absolute Gasteiger partial charge is 0.406 e. The molecule has 0 amide bonds. The number of alkyl halides is 3. The third-order valence-corrected chi connectivity index (χ3v) is 2.11. The van der Waals surface area contributed by atoms with E-state index in [1.165, 1.54) is 30.6 Å². The molecule has 0 radical (unpaired) electrons. The summed E-state index contributed by atoms with van der Waals surface area (Å²) >= 11 is 0. The molecule has 0 saturated heterocycles. The Bertz CT molecular complexity index is 634. The van der Waals surface area contributed by atoms with E-state index in [2.05, 4.69) is 20.0 Å². The number of aromatic nitrogens is 2. The second-order valence-electron chi connectivity index (χ2n) is 3.60. The van der Waals surface area contributed by atoms with Gasteiger partial charge in [-0.15, -0.1) is 13.2 Å². The molecule has 2 aromatic rings. The third kappa shape index (κ3) is 3.84. The largest absolute Gasteiger partial charge is 0.573 e. The minimum atomic E-state index is -4.74. The summed E-state index contributed by atoms with van der Waals surface area (Å²) in [5.41, 5.74) is 0.496. The van der Waals surface area contributed by atoms with Crippen LogP contribution in [0.3, 0.4) is 0 Å². The van der Waals surface area contributed by atoms with Crippen molar-refractivity contribution in [3.05, 3.63) is 42.4 Å². The highest BCUT2D eigenvalue weighted by Gasteiger charge is 2.31. The summed E-state index contributed by atoms with van der Waals surface area (Å²) in [6, 6.07) is 7.11. The maximum atomic E-state index is 12.1. The maximum absolute atomic E-state index is 12.1. The van der Waals surface area contributed by atoms with Gasteiger partial charge in [-0.3, -0.25) is 0 Å². The van der Waals surface area contributed by atoms with Crippen molar-refractivity contribution in [2.45, 2.75) is 6.36 Å². The van der Waals surface area contributed by atoms with Crippen LogP contribution in [0.5, 0.6) is 5.75 Å². The molecular weight excluding hydrogens is 273 g/mol. The van der Waals surface area contributed by atoms with Crippen molar-refractivity contribution in [1.29, 1.82) is 5.26 Å². The van der Waals surface area contributed by atoms with Crippen LogP contribution in [0.1, 0.15) is 5.69 Å². The molecule has 1 heterocycles. The van der Waals surface area contributed by atoms with Gasteiger partial charge in [-0.1, -0.05) is 6.07 Å². The lowest BCUT2D eigenvalue weighted by atomic mass is 10.3. The fourth-order valence-electron chi connectivity index (χ4n) is 1.37. The van der Waals surface area contributed by atoms with Gasteiger partial charge in [0.1, 0.15) is 17.6 Å². The van der Waals surface area contributed by atoms with Gasteiger partial charge in [0.05, 0.1) is 12.4 Å². The molecule has 5 nitrogen and oxygen atoms in total. The molecule has 0 fully saturated rings. The zero-order valence-corrected chi connectivity index (χ0v) is 9.85. The minimum Gasteiger partial charge on any atom is -0.406 e. The van der Waals surface area contributed by atoms with Gasteiger partial charge in [0.25, 0.3) is 0 Å². The number of rotatable bonds is 3. The predicted molar refractivity (Wildman–Crippen MR) is 63.2 cm³/mol. The number of hydrogen-bond donors (Lipinski definition) is 1. The summed E-state index contributed by atoms with van der Waals surface area (Å²) < 4.78 is 40.1. The number of ether oxygens (including phenoxy) is 1. The van der Waals surface area contributed by atoms with Crippen LogP contribution in [0, 0.1) is 11.3 Å². The second kappa shape index (κ2) is 5.44. The Kier molecular flexibility index (Phi) is 3.70. The highest BCUT2D eigenvalue weighted by Crippen LogP contribution is 2.26. The van der Waals surface area contributed by atoms with E-state index < -0.39 is 6.36 Å². The van der Waals surface area contributed by atoms with Gasteiger partial charge in [0, 0.05) is 11.8 Å². The van der Waals surface area contributed by atoms with Crippen LogP contribution in [-0.2, 0) is 0 Å². The molecule has 8 heteroatoms. The van der Waals surface area contributed by atoms with E-state index in [-0.39, 0.29) is 11.4 Å². The van der Waals surface area contributed by atoms with E-state index in [1.807, 2.05) is 0 Å². The van der Waals surface area contributed by atoms with Crippen LogP contribution in [0.2, 0.25) is 0 Å². The molecule has 0 unspecified atom stereocenters. The van der Waals surface area contributed by atoms with Crippen LogP contribution < -0.4 is 10.1 Å². The first-order chi connectivity index (χ1) is 9.46. The number of halogens is 3. The molecule has 0 aliphatic heterocycles. The number of benzene rings is 1. The number of anilines is 2. The molecule has 0 saturated carbocycles. The third-order valence-electron chi connectivity index (χ3n) is 2.11. The fraction of sp³-hybridized carbons (Fsp3) is 0.0833. The van der Waals surface area contributed by atoms with Crippen molar-refractivity contribution in [2.24, 2.45) is 0 Å². The van der Waals surface area contributed by atoms with E-state index in [9.17, 15) is 13.2 Å². The molecule has 1 aromatic carbocycles. The van der Waals surface area contributed by atoms with Gasteiger partial charge < -0.3 is 10.1 Å². The average molecular weight is 280 g/mol. The van der Waals surface area contributed by atoms with Gasteiger partial charge in [0.15, 0.2) is 5.69 Å². The Morgan fingerprint density at radius 2 is 2.00 bits per heavy atom. The maximum Gasteiger partial charge on any atom is 0.573 e. The molecule has 0 aliphatic carbocycles. The number of nitrogens with one attached hydrogen (secondary N) is 1. The number of hydrogen-bond acceptors (Lipinski definition) is 5. The molecular formula is C12H7F3N4O. The molecule has 0 aliphatic rings. The summed E-state index contributed by atoms with van der Waals surface area (Å²) in [5, 5.41) is 11.3. The Hall–Kier alpha value is -2.82. The molecule has 0 bridgehead atoms. The normalized spacial score (nSPS) is 10.7. The quantitative estimate of drug-likeness (QED) is 0.935. The lowest BCUT2D eigenvalue weighted by molar-refractivity contribution is -0.274. The van der Waals surface area contributed by atoms with Crippen molar-refractivity contribution >= 4 is 11.5 Å². The highest BCUT2D eigenvalue weighted by atomic mass is 19.4. The van der Waals surface area contributed by atoms with Gasteiger partial charge in [-0.2, -0.15) is 5.26 Å². The first-order valence-corrected chi connectivity index (χ1v) is 5.31. The molecule has 1 N–H and O–H groups in total. The Balaban J connectivity index is 2.13. The average Bonchev–Trinajstić information content (AvgIpc) is 2.38. The molecule has 1 aromatic heterocycles. The topological polar surface area (TPSA) is 70.8 Å². The van der Waals surface area contributed by atoms with E-state index in [1.54, 1.807) is 12.1 Å². The van der Waals surface area contributed by atoms with Crippen LogP contribution in [0.25, 0.3) is 0 Å². The SMILES string of the molecule is N#Cc1cnc(Nc2cccc(OC(F)(F)F)c2)cn1. The van der Waals surface area contributed by atoms with E-state index in [0.29, 0.717) is 11.5 Å². The van der Waals surface area contributed by atoms with Crippen LogP contribution in [-0.4, -0.2) is 16.3 Å². The number of nitrogens with zero attached hydrogens (tertiary/aromatic N) is 3. The van der Waals surface area contributed by atoms with Crippen LogP contribution >= 0.6 is 0 Å². The van der Waals surface area contributed by atoms with Gasteiger partial charge in [-0.05, 0) is 12.1 Å². The first kappa shape index (κ1) is 13.6. The molecule has 20 heavy (non-hydrogen) atoms. The van der Waals surface area contributed by atoms with Crippen molar-refractivity contribution in [3.63, 3.8) is 0 Å². The van der Waals surface area contributed by atoms with Crippen LogP contribution in [0.4, 0.5) is 24.7 Å². The summed E-state index contributed by atoms with van der Waals surface area (Å²) in [6.07, 6.45) is -2.19. The zero-order valence-electron chi connectivity index (χ0n) is 9.85. The summed E-state index contributed by atoms with van der Waals surface area (Å²) in [6.45, 7) is 0. The monoisotopic (exact) mass is 280 g/mol. The van der Waals surface area contributed by atoms with Crippen molar-refractivity contribution < 1.29 is 17.9 Å². The van der Waals surface area contributed by atoms with E-state index >= 15 is 0 Å². The van der Waals surface area contributed by atoms with Gasteiger partial charge in [-0.25, -0.2) is 9.97 Å². The lowest BCUT2D eigenvalue weighted by Gasteiger charge is -2.10. The predicted octanol–water partition coefficient (Wildman–Crippen LogP) is 2.99. The van der Waals surface area contributed by atoms with Crippen molar-refractivity contribution in [3.8, 4) is 11.8 Å². The molecule has 102 valence electrons. The van der Waals surface area contributed by atoms with Crippen molar-refractivity contribution in [2.75, 3.05) is 5.32 Å². The fourth-order valence-corrected chi connectivity index (χ4v) is 1.37. The first-order valence-electron chi connectivity index (χ1n) is 5.31. The summed E-state index contributed by atoms with van der Waals surface area (Å²) in [7, 11) is 0. The molecule has 0 atom stereocenters. The van der Waals surface area contributed by atoms with E-state index in [0.717, 1.165) is 0 Å². The standard InChI is InChI=1S/C12H7F3N4O/c13-12(14,15)20-10-3-1-2-8(4-10)19-11-7-17-9(5-16)6-18-11/h1-4,6-7H,(H,18,19). The summed E-state index contributed by atoms with van der Waals surface area (Å²) in [4.78, 5) is 7.67. The Labute approximate surface area is 111 Å². The summed E-state index contributed by atoms with van der Waals surface area (Å²) in [5.74, 6) is -0.0442. The second-order valence-corrected chi connectivity index (χ2v) is 3.60. The highest BCUT2D eigenvalue weighted by molar-refractivity contribution is 5.57. The van der Waals surface area contributed by atoms with Crippen LogP contribution in [0.15, 0.2) is 36.7 Å². The van der Waals surface area contributed by atoms with Gasteiger partial charge in [0.2, 0.25) is 0 Å².